The van der Waals surface area contributed by atoms with Gasteiger partial charge in [-0.2, -0.15) is 12.6 Å². The van der Waals surface area contributed by atoms with Crippen LogP contribution in [-0.4, -0.2) is 28.4 Å². The van der Waals surface area contributed by atoms with E-state index in [-0.39, 0.29) is 0 Å². The number of carbonyl (C=O) groups is 1. The predicted octanol–water partition coefficient (Wildman–Crippen LogP) is 1.21. The number of thiol groups is 1. The van der Waals surface area contributed by atoms with Crippen LogP contribution in [0, 0.1) is 0 Å². The van der Waals surface area contributed by atoms with Gasteiger partial charge in [0.1, 0.15) is 12.4 Å². The molecule has 0 aliphatic heterocycles. The van der Waals surface area contributed by atoms with Gasteiger partial charge in [-0.1, -0.05) is 24.3 Å². The Kier molecular flexibility index (Phi) is 4.81. The molecular weight excluding hydrogens is 212 g/mol. The SMILES string of the molecule is O=Cc1ccccc1C(O)C(O)CCS. The molecule has 0 aliphatic rings. The summed E-state index contributed by atoms with van der Waals surface area (Å²) in [4.78, 5) is 10.7. The fraction of sp³-hybridized carbons (Fsp3) is 0.364. The number of aliphatic hydroxyl groups is 2. The molecule has 2 N–H and O–H groups in total. The summed E-state index contributed by atoms with van der Waals surface area (Å²) in [6.07, 6.45) is -0.856. The van der Waals surface area contributed by atoms with E-state index in [1.807, 2.05) is 0 Å². The van der Waals surface area contributed by atoms with Crippen LogP contribution in [0.3, 0.4) is 0 Å². The molecule has 3 nitrogen and oxygen atoms in total. The Morgan fingerprint density at radius 2 is 2.00 bits per heavy atom. The Labute approximate surface area is 94.2 Å². The summed E-state index contributed by atoms with van der Waals surface area (Å²) in [5.41, 5.74) is 0.866. The van der Waals surface area contributed by atoms with E-state index in [2.05, 4.69) is 12.6 Å². The van der Waals surface area contributed by atoms with Gasteiger partial charge in [-0.3, -0.25) is 4.79 Å². The van der Waals surface area contributed by atoms with Crippen molar-refractivity contribution < 1.29 is 15.0 Å². The van der Waals surface area contributed by atoms with E-state index >= 15 is 0 Å². The molecule has 0 bridgehead atoms. The van der Waals surface area contributed by atoms with Crippen LogP contribution < -0.4 is 0 Å². The first-order valence-electron chi connectivity index (χ1n) is 4.71. The highest BCUT2D eigenvalue weighted by molar-refractivity contribution is 7.80. The number of aliphatic hydroxyl groups excluding tert-OH is 2. The van der Waals surface area contributed by atoms with Crippen LogP contribution in [0.2, 0.25) is 0 Å². The number of carbonyl (C=O) groups excluding carboxylic acids is 1. The zero-order valence-corrected chi connectivity index (χ0v) is 9.10. The van der Waals surface area contributed by atoms with Gasteiger partial charge in [-0.25, -0.2) is 0 Å². The molecule has 0 aliphatic carbocycles. The van der Waals surface area contributed by atoms with Crippen molar-refractivity contribution in [2.24, 2.45) is 0 Å². The van der Waals surface area contributed by atoms with Crippen LogP contribution >= 0.6 is 12.6 Å². The van der Waals surface area contributed by atoms with Crippen LogP contribution in [0.25, 0.3) is 0 Å². The highest BCUT2D eigenvalue weighted by Gasteiger charge is 2.19. The van der Waals surface area contributed by atoms with Gasteiger partial charge in [-0.05, 0) is 17.7 Å². The summed E-state index contributed by atoms with van der Waals surface area (Å²) in [6, 6.07) is 6.68. The summed E-state index contributed by atoms with van der Waals surface area (Å²) in [5.74, 6) is 0.488. The Balaban J connectivity index is 2.89. The molecule has 0 spiro atoms. The maximum Gasteiger partial charge on any atom is 0.150 e. The number of rotatable bonds is 5. The lowest BCUT2D eigenvalue weighted by Gasteiger charge is -2.18. The highest BCUT2D eigenvalue weighted by atomic mass is 32.1. The first-order valence-corrected chi connectivity index (χ1v) is 5.35. The van der Waals surface area contributed by atoms with E-state index < -0.39 is 12.2 Å². The Hall–Kier alpha value is -0.840. The topological polar surface area (TPSA) is 57.5 Å². The molecule has 1 aromatic carbocycles. The van der Waals surface area contributed by atoms with Crippen LogP contribution in [0.1, 0.15) is 28.4 Å². The van der Waals surface area contributed by atoms with E-state index in [1.54, 1.807) is 24.3 Å². The van der Waals surface area contributed by atoms with Crippen molar-refractivity contribution in [2.45, 2.75) is 18.6 Å². The van der Waals surface area contributed by atoms with E-state index in [4.69, 9.17) is 0 Å². The lowest BCUT2D eigenvalue weighted by atomic mass is 9.98. The van der Waals surface area contributed by atoms with Gasteiger partial charge >= 0.3 is 0 Å². The van der Waals surface area contributed by atoms with Crippen LogP contribution in [0.5, 0.6) is 0 Å². The van der Waals surface area contributed by atoms with Crippen LogP contribution in [0.15, 0.2) is 24.3 Å². The summed E-state index contributed by atoms with van der Waals surface area (Å²) in [7, 11) is 0. The quantitative estimate of drug-likeness (QED) is 0.522. The molecule has 1 rings (SSSR count). The molecule has 2 unspecified atom stereocenters. The van der Waals surface area contributed by atoms with Gasteiger partial charge in [0.2, 0.25) is 0 Å². The van der Waals surface area contributed by atoms with Crippen molar-refractivity contribution in [3.05, 3.63) is 35.4 Å². The first kappa shape index (κ1) is 12.2. The van der Waals surface area contributed by atoms with Gasteiger partial charge in [-0.15, -0.1) is 0 Å². The maximum atomic E-state index is 10.7. The molecule has 0 saturated heterocycles. The largest absolute Gasteiger partial charge is 0.390 e. The summed E-state index contributed by atoms with van der Waals surface area (Å²) in [5, 5.41) is 19.4. The average Bonchev–Trinajstić information content (AvgIpc) is 2.28. The van der Waals surface area contributed by atoms with Crippen molar-refractivity contribution in [1.82, 2.24) is 0 Å². The maximum absolute atomic E-state index is 10.7. The minimum absolute atomic E-state index is 0.386. The molecule has 0 amide bonds. The third-order valence-electron chi connectivity index (χ3n) is 2.23. The number of aldehydes is 1. The Bertz CT molecular complexity index is 327. The molecular formula is C11H14O3S. The second-order valence-corrected chi connectivity index (χ2v) is 3.72. The van der Waals surface area contributed by atoms with Gasteiger partial charge in [0.15, 0.2) is 0 Å². The lowest BCUT2D eigenvalue weighted by molar-refractivity contribution is 0.0169. The molecule has 4 heteroatoms. The van der Waals surface area contributed by atoms with Gasteiger partial charge in [0.25, 0.3) is 0 Å². The predicted molar refractivity (Wildman–Crippen MR) is 61.3 cm³/mol. The average molecular weight is 226 g/mol. The fourth-order valence-corrected chi connectivity index (χ4v) is 1.65. The minimum Gasteiger partial charge on any atom is -0.390 e. The van der Waals surface area contributed by atoms with Crippen molar-refractivity contribution in [2.75, 3.05) is 5.75 Å². The minimum atomic E-state index is -1.03. The van der Waals surface area contributed by atoms with Crippen LogP contribution in [-0.2, 0) is 0 Å². The van der Waals surface area contributed by atoms with Crippen molar-refractivity contribution in [1.29, 1.82) is 0 Å². The second kappa shape index (κ2) is 5.90. The lowest BCUT2D eigenvalue weighted by Crippen LogP contribution is -2.19. The first-order chi connectivity index (χ1) is 7.20. The highest BCUT2D eigenvalue weighted by Crippen LogP contribution is 2.21. The molecule has 0 heterocycles. The summed E-state index contributed by atoms with van der Waals surface area (Å²) < 4.78 is 0. The van der Waals surface area contributed by atoms with E-state index in [0.29, 0.717) is 29.6 Å². The number of hydrogen-bond acceptors (Lipinski definition) is 4. The molecule has 1 aromatic rings. The monoisotopic (exact) mass is 226 g/mol. The van der Waals surface area contributed by atoms with Gasteiger partial charge in [0.05, 0.1) is 6.10 Å². The third kappa shape index (κ3) is 3.06. The zero-order valence-electron chi connectivity index (χ0n) is 8.21. The molecule has 82 valence electrons. The molecule has 2 atom stereocenters. The molecule has 15 heavy (non-hydrogen) atoms. The second-order valence-electron chi connectivity index (χ2n) is 3.27. The van der Waals surface area contributed by atoms with E-state index in [9.17, 15) is 15.0 Å². The standard InChI is InChI=1S/C11H14O3S/c12-7-8-3-1-2-4-9(8)11(14)10(13)5-6-15/h1-4,7,10-11,13-15H,5-6H2. The van der Waals surface area contributed by atoms with E-state index in [1.165, 1.54) is 0 Å². The fourth-order valence-electron chi connectivity index (χ4n) is 1.38. The molecule has 0 radical (unpaired) electrons. The van der Waals surface area contributed by atoms with Gasteiger partial charge in [0, 0.05) is 5.56 Å². The normalized spacial score (nSPS) is 14.6. The van der Waals surface area contributed by atoms with Crippen LogP contribution in [0.4, 0.5) is 0 Å². The van der Waals surface area contributed by atoms with E-state index in [0.717, 1.165) is 0 Å². The Morgan fingerprint density at radius 3 is 2.60 bits per heavy atom. The number of benzene rings is 1. The number of hydrogen-bond donors (Lipinski definition) is 3. The van der Waals surface area contributed by atoms with Crippen molar-refractivity contribution in [3.63, 3.8) is 0 Å². The molecule has 0 aromatic heterocycles. The Morgan fingerprint density at radius 1 is 1.33 bits per heavy atom. The van der Waals surface area contributed by atoms with Crippen molar-refractivity contribution in [3.8, 4) is 0 Å². The van der Waals surface area contributed by atoms with Crippen molar-refractivity contribution >= 4 is 18.9 Å². The summed E-state index contributed by atoms with van der Waals surface area (Å²) in [6.45, 7) is 0. The smallest absolute Gasteiger partial charge is 0.150 e. The third-order valence-corrected chi connectivity index (χ3v) is 2.49. The molecule has 0 saturated carbocycles. The van der Waals surface area contributed by atoms with Gasteiger partial charge < -0.3 is 10.2 Å². The zero-order chi connectivity index (χ0) is 11.3. The molecule has 0 fully saturated rings. The summed E-state index contributed by atoms with van der Waals surface area (Å²) >= 11 is 3.98.